The van der Waals surface area contributed by atoms with Crippen LogP contribution in [-0.2, 0) is 6.42 Å². The molecule has 0 fully saturated rings. The maximum atomic E-state index is 4.91. The molecule has 2 aliphatic carbocycles. The zero-order chi connectivity index (χ0) is 23.9. The van der Waals surface area contributed by atoms with Gasteiger partial charge in [0, 0.05) is 11.5 Å². The van der Waals surface area contributed by atoms with Crippen LogP contribution in [0.15, 0.2) is 103 Å². The van der Waals surface area contributed by atoms with Crippen LogP contribution in [0.3, 0.4) is 0 Å². The van der Waals surface area contributed by atoms with Crippen molar-refractivity contribution in [2.75, 3.05) is 0 Å². The highest BCUT2D eigenvalue weighted by Gasteiger charge is 2.18. The van der Waals surface area contributed by atoms with Crippen molar-refractivity contribution >= 4 is 27.6 Å². The number of hydrogen-bond donors (Lipinski definition) is 0. The van der Waals surface area contributed by atoms with Crippen molar-refractivity contribution in [1.29, 1.82) is 0 Å². The molecule has 0 saturated heterocycles. The van der Waals surface area contributed by atoms with Gasteiger partial charge in [-0.1, -0.05) is 97.1 Å². The van der Waals surface area contributed by atoms with E-state index in [1.807, 2.05) is 0 Å². The molecule has 0 spiro atoms. The zero-order valence-electron chi connectivity index (χ0n) is 19.9. The van der Waals surface area contributed by atoms with Crippen molar-refractivity contribution in [2.24, 2.45) is 0 Å². The van der Waals surface area contributed by atoms with Crippen molar-refractivity contribution < 1.29 is 0 Å². The van der Waals surface area contributed by atoms with E-state index in [0.29, 0.717) is 0 Å². The van der Waals surface area contributed by atoms with Gasteiger partial charge >= 0.3 is 0 Å². The standard InChI is InChI=1S/C33H25N3/c1-2-10-22(11-3-1)32-34-21-35-33(36-32)30-17-9-4-12-24(30)23-18-19-29-27-15-6-5-13-25(27)26-14-7-8-16-28(26)31(29)20-23/h1-5,7-10,12-14,16-22H,6,11,15H2. The van der Waals surface area contributed by atoms with Gasteiger partial charge in [-0.05, 0) is 69.1 Å². The Balaban J connectivity index is 1.40. The predicted molar refractivity (Wildman–Crippen MR) is 149 cm³/mol. The number of benzene rings is 4. The molecule has 1 atom stereocenters. The van der Waals surface area contributed by atoms with Crippen LogP contribution < -0.4 is 0 Å². The summed E-state index contributed by atoms with van der Waals surface area (Å²) >= 11 is 0. The number of nitrogens with zero attached hydrogens (tertiary/aromatic N) is 3. The molecule has 4 aromatic carbocycles. The second kappa shape index (κ2) is 8.69. The molecule has 0 radical (unpaired) electrons. The van der Waals surface area contributed by atoms with Crippen LogP contribution in [0.25, 0.3) is 50.1 Å². The summed E-state index contributed by atoms with van der Waals surface area (Å²) in [7, 11) is 0. The molecule has 0 aliphatic heterocycles. The Kier molecular flexibility index (Phi) is 5.06. The molecular formula is C33H25N3. The van der Waals surface area contributed by atoms with Gasteiger partial charge in [-0.15, -0.1) is 0 Å². The van der Waals surface area contributed by atoms with E-state index in [1.54, 1.807) is 6.33 Å². The zero-order valence-corrected chi connectivity index (χ0v) is 19.9. The lowest BCUT2D eigenvalue weighted by atomic mass is 9.85. The maximum Gasteiger partial charge on any atom is 0.163 e. The Morgan fingerprint density at radius 2 is 1.58 bits per heavy atom. The normalized spacial score (nSPS) is 16.5. The minimum atomic E-state index is 0.191. The van der Waals surface area contributed by atoms with Gasteiger partial charge in [-0.2, -0.15) is 0 Å². The first-order valence-electron chi connectivity index (χ1n) is 12.6. The Morgan fingerprint density at radius 1 is 0.722 bits per heavy atom. The molecule has 2 aliphatic rings. The summed E-state index contributed by atoms with van der Waals surface area (Å²) in [6, 6.07) is 24.2. The molecule has 0 amide bonds. The van der Waals surface area contributed by atoms with E-state index in [-0.39, 0.29) is 5.92 Å². The van der Waals surface area contributed by atoms with Crippen LogP contribution in [0, 0.1) is 0 Å². The number of rotatable bonds is 3. The molecule has 3 heteroatoms. The summed E-state index contributed by atoms with van der Waals surface area (Å²) in [5, 5.41) is 5.30. The fourth-order valence-corrected chi connectivity index (χ4v) is 5.67. The van der Waals surface area contributed by atoms with E-state index in [1.165, 1.54) is 38.2 Å². The highest BCUT2D eigenvalue weighted by molar-refractivity contribution is 6.14. The van der Waals surface area contributed by atoms with E-state index < -0.39 is 0 Å². The number of aryl methyl sites for hydroxylation is 1. The van der Waals surface area contributed by atoms with Crippen LogP contribution >= 0.6 is 0 Å². The van der Waals surface area contributed by atoms with Crippen molar-refractivity contribution in [3.05, 3.63) is 120 Å². The van der Waals surface area contributed by atoms with Gasteiger partial charge in [0.05, 0.1) is 0 Å². The van der Waals surface area contributed by atoms with Crippen LogP contribution in [0.2, 0.25) is 0 Å². The summed E-state index contributed by atoms with van der Waals surface area (Å²) in [6.07, 6.45) is 17.8. The van der Waals surface area contributed by atoms with Gasteiger partial charge in [-0.3, -0.25) is 0 Å². The summed E-state index contributed by atoms with van der Waals surface area (Å²) < 4.78 is 0. The van der Waals surface area contributed by atoms with E-state index >= 15 is 0 Å². The maximum absolute atomic E-state index is 4.91. The molecule has 1 unspecified atom stereocenters. The van der Waals surface area contributed by atoms with Crippen molar-refractivity contribution in [3.8, 4) is 22.5 Å². The van der Waals surface area contributed by atoms with Gasteiger partial charge in [0.1, 0.15) is 12.2 Å². The monoisotopic (exact) mass is 463 g/mol. The third kappa shape index (κ3) is 3.47. The molecule has 3 nitrogen and oxygen atoms in total. The molecule has 172 valence electrons. The van der Waals surface area contributed by atoms with Crippen LogP contribution in [-0.4, -0.2) is 15.0 Å². The molecule has 1 aromatic heterocycles. The Bertz CT molecular complexity index is 1720. The van der Waals surface area contributed by atoms with Gasteiger partial charge in [-0.25, -0.2) is 15.0 Å². The Hall–Kier alpha value is -4.37. The average molecular weight is 464 g/mol. The van der Waals surface area contributed by atoms with E-state index in [4.69, 9.17) is 4.98 Å². The quantitative estimate of drug-likeness (QED) is 0.254. The third-order valence-corrected chi connectivity index (χ3v) is 7.40. The molecule has 0 saturated carbocycles. The first kappa shape index (κ1) is 21.0. The van der Waals surface area contributed by atoms with Crippen molar-refractivity contribution in [2.45, 2.75) is 25.2 Å². The fraction of sp³-hybridized carbons (Fsp3) is 0.121. The van der Waals surface area contributed by atoms with Crippen LogP contribution in [0.4, 0.5) is 0 Å². The number of fused-ring (bicyclic) bond motifs is 6. The lowest BCUT2D eigenvalue weighted by Gasteiger charge is -2.19. The summed E-state index contributed by atoms with van der Waals surface area (Å²) in [5.41, 5.74) is 6.18. The Morgan fingerprint density at radius 3 is 2.47 bits per heavy atom. The van der Waals surface area contributed by atoms with E-state index in [9.17, 15) is 0 Å². The molecule has 0 N–H and O–H groups in total. The molecule has 0 bridgehead atoms. The van der Waals surface area contributed by atoms with Crippen LogP contribution in [0.1, 0.15) is 35.7 Å². The highest BCUT2D eigenvalue weighted by Crippen LogP contribution is 2.39. The van der Waals surface area contributed by atoms with Gasteiger partial charge in [0.2, 0.25) is 0 Å². The summed E-state index contributed by atoms with van der Waals surface area (Å²) in [5.74, 6) is 1.73. The smallest absolute Gasteiger partial charge is 0.163 e. The second-order valence-electron chi connectivity index (χ2n) is 9.51. The average Bonchev–Trinajstić information content (AvgIpc) is 2.97. The predicted octanol–water partition coefficient (Wildman–Crippen LogP) is 8.07. The van der Waals surface area contributed by atoms with E-state index in [0.717, 1.165) is 42.0 Å². The topological polar surface area (TPSA) is 38.7 Å². The van der Waals surface area contributed by atoms with E-state index in [2.05, 4.69) is 113 Å². The van der Waals surface area contributed by atoms with Gasteiger partial charge in [0.15, 0.2) is 5.82 Å². The minimum absolute atomic E-state index is 0.191. The Labute approximate surface area is 210 Å². The lowest BCUT2D eigenvalue weighted by Crippen LogP contribution is -2.05. The first-order valence-corrected chi connectivity index (χ1v) is 12.6. The number of allylic oxidation sites excluding steroid dienone is 5. The lowest BCUT2D eigenvalue weighted by molar-refractivity contribution is 0.761. The summed E-state index contributed by atoms with van der Waals surface area (Å²) in [4.78, 5) is 14.0. The number of hydrogen-bond acceptors (Lipinski definition) is 3. The molecule has 7 rings (SSSR count). The third-order valence-electron chi connectivity index (χ3n) is 7.40. The molecular weight excluding hydrogens is 438 g/mol. The van der Waals surface area contributed by atoms with Crippen molar-refractivity contribution in [3.63, 3.8) is 0 Å². The largest absolute Gasteiger partial charge is 0.221 e. The van der Waals surface area contributed by atoms with Crippen LogP contribution in [0.5, 0.6) is 0 Å². The van der Waals surface area contributed by atoms with Gasteiger partial charge < -0.3 is 0 Å². The van der Waals surface area contributed by atoms with Gasteiger partial charge in [0.25, 0.3) is 0 Å². The SMILES string of the molecule is C1=CCC(c2ncnc(-c3ccccc3-c3ccc4c5c(c6ccccc6c4c3)C=CCC5)n2)C=C1. The number of aromatic nitrogens is 3. The van der Waals surface area contributed by atoms with Crippen molar-refractivity contribution in [1.82, 2.24) is 15.0 Å². The fourth-order valence-electron chi connectivity index (χ4n) is 5.67. The first-order chi connectivity index (χ1) is 17.9. The minimum Gasteiger partial charge on any atom is -0.221 e. The second-order valence-corrected chi connectivity index (χ2v) is 9.51. The summed E-state index contributed by atoms with van der Waals surface area (Å²) in [6.45, 7) is 0. The molecule has 36 heavy (non-hydrogen) atoms. The highest BCUT2D eigenvalue weighted by atomic mass is 15.0. The molecule has 1 heterocycles. The molecule has 5 aromatic rings.